The highest BCUT2D eigenvalue weighted by Gasteiger charge is 2.26. The number of pyridine rings is 1. The van der Waals surface area contributed by atoms with Gasteiger partial charge in [0, 0.05) is 61.9 Å². The van der Waals surface area contributed by atoms with Gasteiger partial charge in [0.25, 0.3) is 0 Å². The van der Waals surface area contributed by atoms with Crippen molar-refractivity contribution in [3.05, 3.63) is 48.0 Å². The molecule has 0 bridgehead atoms. The second-order valence-electron chi connectivity index (χ2n) is 11.3. The van der Waals surface area contributed by atoms with E-state index in [1.54, 1.807) is 0 Å². The van der Waals surface area contributed by atoms with Gasteiger partial charge in [-0.25, -0.2) is 0 Å². The molecule has 0 spiro atoms. The second kappa shape index (κ2) is 11.2. The zero-order valence-electron chi connectivity index (χ0n) is 22.2. The van der Waals surface area contributed by atoms with Crippen molar-refractivity contribution in [3.63, 3.8) is 0 Å². The molecule has 2 aromatic heterocycles. The quantitative estimate of drug-likeness (QED) is 0.442. The van der Waals surface area contributed by atoms with Gasteiger partial charge in [0.1, 0.15) is 5.78 Å². The Kier molecular flexibility index (Phi) is 7.82. The number of aryl methyl sites for hydroxylation is 1. The van der Waals surface area contributed by atoms with Crippen molar-refractivity contribution in [1.82, 2.24) is 24.6 Å². The summed E-state index contributed by atoms with van der Waals surface area (Å²) in [6, 6.07) is 8.68. The van der Waals surface area contributed by atoms with Gasteiger partial charge in [-0.2, -0.15) is 5.10 Å². The van der Waals surface area contributed by atoms with Gasteiger partial charge < -0.3 is 4.90 Å². The van der Waals surface area contributed by atoms with Crippen molar-refractivity contribution in [3.8, 4) is 11.1 Å². The first-order chi connectivity index (χ1) is 17.5. The molecular weight excluding hydrogens is 446 g/mol. The highest BCUT2D eigenvalue weighted by Crippen LogP contribution is 2.29. The SMILES string of the molecule is CC(C)CN1CCC[C@@H](C(=O)Cc2cc3cc(-c4cnn(C)c4CN4CCCCC4)ccc3cn2)C1. The van der Waals surface area contributed by atoms with Gasteiger partial charge in [0.15, 0.2) is 0 Å². The van der Waals surface area contributed by atoms with Crippen LogP contribution in [0.3, 0.4) is 0 Å². The second-order valence-corrected chi connectivity index (χ2v) is 11.3. The molecule has 1 atom stereocenters. The van der Waals surface area contributed by atoms with Crippen LogP contribution in [-0.2, 0) is 24.8 Å². The molecule has 36 heavy (non-hydrogen) atoms. The fourth-order valence-corrected chi connectivity index (χ4v) is 5.99. The highest BCUT2D eigenvalue weighted by molar-refractivity contribution is 5.89. The maximum atomic E-state index is 13.2. The monoisotopic (exact) mass is 487 g/mol. The molecule has 0 aliphatic carbocycles. The van der Waals surface area contributed by atoms with Crippen LogP contribution >= 0.6 is 0 Å². The topological polar surface area (TPSA) is 54.3 Å². The number of aromatic nitrogens is 3. The number of rotatable bonds is 8. The van der Waals surface area contributed by atoms with E-state index in [9.17, 15) is 4.79 Å². The van der Waals surface area contributed by atoms with Crippen molar-refractivity contribution in [2.45, 2.75) is 58.9 Å². The summed E-state index contributed by atoms with van der Waals surface area (Å²) in [7, 11) is 2.05. The smallest absolute Gasteiger partial charge is 0.143 e. The number of fused-ring (bicyclic) bond motifs is 1. The summed E-state index contributed by atoms with van der Waals surface area (Å²) in [5.41, 5.74) is 4.53. The number of Topliss-reactive ketones (excluding diaryl/α,β-unsaturated/α-hetero) is 1. The van der Waals surface area contributed by atoms with E-state index in [4.69, 9.17) is 0 Å². The van der Waals surface area contributed by atoms with E-state index >= 15 is 0 Å². The zero-order chi connectivity index (χ0) is 25.1. The van der Waals surface area contributed by atoms with Crippen LogP contribution in [0.5, 0.6) is 0 Å². The molecule has 0 radical (unpaired) electrons. The number of carbonyl (C=O) groups is 1. The van der Waals surface area contributed by atoms with Gasteiger partial charge in [0.05, 0.1) is 11.9 Å². The fourth-order valence-electron chi connectivity index (χ4n) is 5.99. The Bertz CT molecular complexity index is 1190. The van der Waals surface area contributed by atoms with E-state index in [0.717, 1.165) is 55.5 Å². The highest BCUT2D eigenvalue weighted by atomic mass is 16.1. The molecule has 0 amide bonds. The number of likely N-dealkylation sites (tertiary alicyclic amines) is 2. The summed E-state index contributed by atoms with van der Waals surface area (Å²) in [6.07, 6.45) is 10.4. The van der Waals surface area contributed by atoms with Crippen LogP contribution in [0.4, 0.5) is 0 Å². The van der Waals surface area contributed by atoms with Crippen LogP contribution in [0.15, 0.2) is 36.7 Å². The van der Waals surface area contributed by atoms with Crippen molar-refractivity contribution in [1.29, 1.82) is 0 Å². The normalized spacial score (nSPS) is 19.8. The summed E-state index contributed by atoms with van der Waals surface area (Å²) in [4.78, 5) is 22.8. The Hall–Kier alpha value is -2.57. The Morgan fingerprint density at radius 2 is 1.81 bits per heavy atom. The molecule has 1 aromatic carbocycles. The summed E-state index contributed by atoms with van der Waals surface area (Å²) < 4.78 is 2.03. The number of ketones is 1. The lowest BCUT2D eigenvalue weighted by Gasteiger charge is -2.33. The van der Waals surface area contributed by atoms with E-state index < -0.39 is 0 Å². The number of hydrogen-bond donors (Lipinski definition) is 0. The third-order valence-corrected chi connectivity index (χ3v) is 7.91. The molecule has 6 nitrogen and oxygen atoms in total. The first-order valence-corrected chi connectivity index (χ1v) is 13.8. The maximum absolute atomic E-state index is 13.2. The molecule has 0 saturated carbocycles. The average molecular weight is 488 g/mol. The summed E-state index contributed by atoms with van der Waals surface area (Å²) in [5.74, 6) is 1.10. The van der Waals surface area contributed by atoms with Crippen LogP contribution in [0.25, 0.3) is 21.9 Å². The number of piperidine rings is 2. The third-order valence-electron chi connectivity index (χ3n) is 7.91. The van der Waals surface area contributed by atoms with E-state index in [-0.39, 0.29) is 5.92 Å². The molecule has 192 valence electrons. The number of nitrogens with zero attached hydrogens (tertiary/aromatic N) is 5. The van der Waals surface area contributed by atoms with Crippen LogP contribution < -0.4 is 0 Å². The van der Waals surface area contributed by atoms with Gasteiger partial charge in [-0.15, -0.1) is 0 Å². The first-order valence-electron chi connectivity index (χ1n) is 13.8. The number of carbonyl (C=O) groups excluding carboxylic acids is 1. The van der Waals surface area contributed by atoms with Gasteiger partial charge >= 0.3 is 0 Å². The molecule has 0 N–H and O–H groups in total. The summed E-state index contributed by atoms with van der Waals surface area (Å²) in [5, 5.41) is 6.85. The molecule has 2 aliphatic heterocycles. The lowest BCUT2D eigenvalue weighted by Crippen LogP contribution is -2.40. The van der Waals surface area contributed by atoms with Gasteiger partial charge in [-0.1, -0.05) is 32.4 Å². The molecule has 4 heterocycles. The van der Waals surface area contributed by atoms with E-state index in [2.05, 4.69) is 58.0 Å². The van der Waals surface area contributed by atoms with E-state index in [1.165, 1.54) is 49.2 Å². The van der Waals surface area contributed by atoms with Crippen molar-refractivity contribution in [2.75, 3.05) is 32.7 Å². The third kappa shape index (κ3) is 5.87. The minimum atomic E-state index is 0.133. The Morgan fingerprint density at radius 3 is 2.61 bits per heavy atom. The largest absolute Gasteiger partial charge is 0.302 e. The van der Waals surface area contributed by atoms with Crippen LogP contribution in [0.1, 0.15) is 57.3 Å². The first kappa shape index (κ1) is 25.1. The van der Waals surface area contributed by atoms with Crippen LogP contribution in [0, 0.1) is 11.8 Å². The molecule has 0 unspecified atom stereocenters. The minimum absolute atomic E-state index is 0.133. The minimum Gasteiger partial charge on any atom is -0.302 e. The Morgan fingerprint density at radius 1 is 1.00 bits per heavy atom. The number of hydrogen-bond acceptors (Lipinski definition) is 5. The molecular formula is C30H41N5O. The summed E-state index contributed by atoms with van der Waals surface area (Å²) >= 11 is 0. The molecule has 2 fully saturated rings. The van der Waals surface area contributed by atoms with Crippen molar-refractivity contribution < 1.29 is 4.79 Å². The average Bonchev–Trinajstić information content (AvgIpc) is 3.23. The van der Waals surface area contributed by atoms with Crippen molar-refractivity contribution >= 4 is 16.6 Å². The standard InChI is InChI=1S/C30H41N5O/c1-22(2)19-35-13-7-8-25(20-35)30(36)16-27-15-26-14-23(9-10-24(26)17-31-27)28-18-32-33(3)29(28)21-34-11-5-4-6-12-34/h9-10,14-15,17-18,22,25H,4-8,11-13,16,19-21H2,1-3H3/t25-/m1/s1. The lowest BCUT2D eigenvalue weighted by molar-refractivity contribution is -0.124. The Labute approximate surface area is 215 Å². The molecule has 5 rings (SSSR count). The maximum Gasteiger partial charge on any atom is 0.143 e. The van der Waals surface area contributed by atoms with Gasteiger partial charge in [0.2, 0.25) is 0 Å². The molecule has 2 saturated heterocycles. The Balaban J connectivity index is 1.33. The number of benzene rings is 1. The summed E-state index contributed by atoms with van der Waals surface area (Å²) in [6.45, 7) is 10.9. The fraction of sp³-hybridized carbons (Fsp3) is 0.567. The van der Waals surface area contributed by atoms with Crippen LogP contribution in [-0.4, -0.2) is 63.1 Å². The molecule has 6 heteroatoms. The van der Waals surface area contributed by atoms with E-state index in [0.29, 0.717) is 18.1 Å². The van der Waals surface area contributed by atoms with Crippen LogP contribution in [0.2, 0.25) is 0 Å². The zero-order valence-corrected chi connectivity index (χ0v) is 22.2. The molecule has 2 aliphatic rings. The molecule has 3 aromatic rings. The predicted molar refractivity (Wildman–Crippen MR) is 146 cm³/mol. The lowest BCUT2D eigenvalue weighted by atomic mass is 9.90. The van der Waals surface area contributed by atoms with Crippen molar-refractivity contribution in [2.24, 2.45) is 18.9 Å². The van der Waals surface area contributed by atoms with E-state index in [1.807, 2.05) is 24.1 Å². The van der Waals surface area contributed by atoms with Gasteiger partial charge in [-0.05, 0) is 74.3 Å². The van der Waals surface area contributed by atoms with Gasteiger partial charge in [-0.3, -0.25) is 19.4 Å². The predicted octanol–water partition coefficient (Wildman–Crippen LogP) is 5.10.